The molecule has 1 heterocycles. The molecule has 2 aromatic rings. The molecule has 5 nitrogen and oxygen atoms in total. The largest absolute Gasteiger partial charge is 0.339 e. The van der Waals surface area contributed by atoms with Crippen LogP contribution in [0.2, 0.25) is 0 Å². The monoisotopic (exact) mass is 307 g/mol. The molecule has 4 N–H and O–H groups in total. The molecule has 0 aliphatic heterocycles. The van der Waals surface area contributed by atoms with Crippen molar-refractivity contribution in [1.29, 1.82) is 0 Å². The molecule has 0 bridgehead atoms. The number of hydrazine groups is 1. The summed E-state index contributed by atoms with van der Waals surface area (Å²) in [7, 11) is 0. The Labute approximate surface area is 114 Å². The Morgan fingerprint density at radius 3 is 2.61 bits per heavy atom. The lowest BCUT2D eigenvalue weighted by Crippen LogP contribution is -2.10. The fraction of sp³-hybridized carbons (Fsp3) is 0.167. The Morgan fingerprint density at radius 1 is 1.17 bits per heavy atom. The zero-order valence-corrected chi connectivity index (χ0v) is 11.7. The third kappa shape index (κ3) is 2.44. The molecule has 94 valence electrons. The number of aryl methyl sites for hydroxylation is 1. The van der Waals surface area contributed by atoms with Gasteiger partial charge in [-0.2, -0.15) is 0 Å². The number of hydrogen-bond acceptors (Lipinski definition) is 5. The van der Waals surface area contributed by atoms with Crippen LogP contribution in [0.25, 0.3) is 0 Å². The van der Waals surface area contributed by atoms with E-state index < -0.39 is 0 Å². The second kappa shape index (κ2) is 5.32. The Kier molecular flexibility index (Phi) is 3.78. The van der Waals surface area contributed by atoms with Crippen LogP contribution in [0.3, 0.4) is 0 Å². The maximum absolute atomic E-state index is 5.37. The number of halogens is 1. The smallest absolute Gasteiger partial charge is 0.159 e. The van der Waals surface area contributed by atoms with Crippen molar-refractivity contribution < 1.29 is 0 Å². The van der Waals surface area contributed by atoms with Gasteiger partial charge in [-0.25, -0.2) is 15.8 Å². The van der Waals surface area contributed by atoms with Crippen molar-refractivity contribution in [1.82, 2.24) is 9.97 Å². The Bertz CT molecular complexity index is 570. The summed E-state index contributed by atoms with van der Waals surface area (Å²) in [5.41, 5.74) is 5.93. The third-order valence-corrected chi connectivity index (χ3v) is 3.54. The van der Waals surface area contributed by atoms with E-state index in [1.54, 1.807) is 0 Å². The number of anilines is 3. The molecule has 2 rings (SSSR count). The van der Waals surface area contributed by atoms with E-state index >= 15 is 0 Å². The zero-order valence-electron chi connectivity index (χ0n) is 10.2. The molecular formula is C12H14BrN5. The van der Waals surface area contributed by atoms with Gasteiger partial charge in [0.25, 0.3) is 0 Å². The van der Waals surface area contributed by atoms with Crippen LogP contribution in [0.4, 0.5) is 17.3 Å². The van der Waals surface area contributed by atoms with Gasteiger partial charge in [0.2, 0.25) is 0 Å². The van der Waals surface area contributed by atoms with Crippen molar-refractivity contribution >= 4 is 33.3 Å². The van der Waals surface area contributed by atoms with Gasteiger partial charge < -0.3 is 10.7 Å². The normalized spacial score (nSPS) is 10.2. The molecule has 0 aliphatic rings. The Balaban J connectivity index is 2.37. The fourth-order valence-corrected chi connectivity index (χ4v) is 1.99. The van der Waals surface area contributed by atoms with Gasteiger partial charge in [-0.15, -0.1) is 0 Å². The highest BCUT2D eigenvalue weighted by Crippen LogP contribution is 2.29. The van der Waals surface area contributed by atoms with E-state index in [0.717, 1.165) is 5.69 Å². The predicted octanol–water partition coefficient (Wildman–Crippen LogP) is 2.89. The molecule has 6 heteroatoms. The van der Waals surface area contributed by atoms with Gasteiger partial charge in [-0.1, -0.05) is 12.1 Å². The van der Waals surface area contributed by atoms with Crippen molar-refractivity contribution in [2.24, 2.45) is 5.84 Å². The van der Waals surface area contributed by atoms with Gasteiger partial charge in [-0.05, 0) is 47.0 Å². The quantitative estimate of drug-likeness (QED) is 0.600. The molecule has 0 radical (unpaired) electrons. The van der Waals surface area contributed by atoms with Crippen LogP contribution in [0.1, 0.15) is 11.1 Å². The Morgan fingerprint density at radius 2 is 1.89 bits per heavy atom. The fourth-order valence-electron chi connectivity index (χ4n) is 1.57. The number of nitrogen functional groups attached to an aromatic ring is 1. The van der Waals surface area contributed by atoms with Crippen LogP contribution in [-0.4, -0.2) is 9.97 Å². The van der Waals surface area contributed by atoms with Crippen molar-refractivity contribution in [2.75, 3.05) is 10.7 Å². The first-order valence-electron chi connectivity index (χ1n) is 5.44. The van der Waals surface area contributed by atoms with E-state index in [-0.39, 0.29) is 0 Å². The SMILES string of the molecule is Cc1cccc(Nc2ncnc(NN)c2Br)c1C. The zero-order chi connectivity index (χ0) is 13.1. The highest BCUT2D eigenvalue weighted by Gasteiger charge is 2.09. The van der Waals surface area contributed by atoms with Gasteiger partial charge in [0, 0.05) is 5.69 Å². The van der Waals surface area contributed by atoms with E-state index in [1.807, 2.05) is 12.1 Å². The molecule has 0 saturated carbocycles. The minimum Gasteiger partial charge on any atom is -0.339 e. The lowest BCUT2D eigenvalue weighted by molar-refractivity contribution is 1.12. The van der Waals surface area contributed by atoms with E-state index in [4.69, 9.17) is 5.84 Å². The minimum atomic E-state index is 0.540. The van der Waals surface area contributed by atoms with Crippen LogP contribution < -0.4 is 16.6 Å². The summed E-state index contributed by atoms with van der Waals surface area (Å²) < 4.78 is 0.702. The van der Waals surface area contributed by atoms with E-state index in [9.17, 15) is 0 Å². The van der Waals surface area contributed by atoms with Crippen LogP contribution in [0, 0.1) is 13.8 Å². The van der Waals surface area contributed by atoms with Gasteiger partial charge in [0.1, 0.15) is 16.6 Å². The van der Waals surface area contributed by atoms with Crippen molar-refractivity contribution in [2.45, 2.75) is 13.8 Å². The molecule has 0 saturated heterocycles. The van der Waals surface area contributed by atoms with Gasteiger partial charge in [0.05, 0.1) is 0 Å². The molecule has 0 atom stereocenters. The number of nitrogens with zero attached hydrogens (tertiary/aromatic N) is 2. The summed E-state index contributed by atoms with van der Waals surface area (Å²) in [6.07, 6.45) is 1.45. The van der Waals surface area contributed by atoms with Crippen molar-refractivity contribution in [3.63, 3.8) is 0 Å². The van der Waals surface area contributed by atoms with Crippen LogP contribution in [0.5, 0.6) is 0 Å². The van der Waals surface area contributed by atoms with Crippen LogP contribution in [0.15, 0.2) is 29.0 Å². The number of benzene rings is 1. The molecule has 1 aromatic heterocycles. The summed E-state index contributed by atoms with van der Waals surface area (Å²) in [4.78, 5) is 8.19. The second-order valence-corrected chi connectivity index (χ2v) is 4.69. The highest BCUT2D eigenvalue weighted by molar-refractivity contribution is 9.10. The summed E-state index contributed by atoms with van der Waals surface area (Å²) in [5.74, 6) is 6.58. The average molecular weight is 308 g/mol. The maximum atomic E-state index is 5.37. The van der Waals surface area contributed by atoms with Gasteiger partial charge in [0.15, 0.2) is 5.82 Å². The number of nitrogens with one attached hydrogen (secondary N) is 2. The standard InChI is InChI=1S/C12H14BrN5/c1-7-4-3-5-9(8(7)2)17-11-10(13)12(18-14)16-6-15-11/h3-6H,14H2,1-2H3,(H2,15,16,17,18). The maximum Gasteiger partial charge on any atom is 0.159 e. The predicted molar refractivity (Wildman–Crippen MR) is 76.7 cm³/mol. The molecule has 0 aliphatic carbocycles. The van der Waals surface area contributed by atoms with E-state index in [1.165, 1.54) is 17.5 Å². The topological polar surface area (TPSA) is 75.9 Å². The number of rotatable bonds is 3. The van der Waals surface area contributed by atoms with Gasteiger partial charge in [-0.3, -0.25) is 0 Å². The Hall–Kier alpha value is -1.66. The minimum absolute atomic E-state index is 0.540. The van der Waals surface area contributed by atoms with Crippen LogP contribution in [-0.2, 0) is 0 Å². The molecule has 1 aromatic carbocycles. The molecule has 0 spiro atoms. The number of hydrogen-bond donors (Lipinski definition) is 3. The molecular weight excluding hydrogens is 294 g/mol. The average Bonchev–Trinajstić information content (AvgIpc) is 2.37. The first-order valence-corrected chi connectivity index (χ1v) is 6.23. The first kappa shape index (κ1) is 12.8. The van der Waals surface area contributed by atoms with Crippen LogP contribution >= 0.6 is 15.9 Å². The molecule has 18 heavy (non-hydrogen) atoms. The lowest BCUT2D eigenvalue weighted by Gasteiger charge is -2.13. The summed E-state index contributed by atoms with van der Waals surface area (Å²) in [5, 5.41) is 3.26. The number of aromatic nitrogens is 2. The number of nitrogens with two attached hydrogens (primary N) is 1. The summed E-state index contributed by atoms with van der Waals surface area (Å²) >= 11 is 3.41. The highest BCUT2D eigenvalue weighted by atomic mass is 79.9. The summed E-state index contributed by atoms with van der Waals surface area (Å²) in [6, 6.07) is 6.08. The van der Waals surface area contributed by atoms with E-state index in [0.29, 0.717) is 16.1 Å². The first-order chi connectivity index (χ1) is 8.63. The van der Waals surface area contributed by atoms with Crippen molar-refractivity contribution in [3.05, 3.63) is 40.1 Å². The second-order valence-electron chi connectivity index (χ2n) is 3.90. The van der Waals surface area contributed by atoms with Crippen molar-refractivity contribution in [3.8, 4) is 0 Å². The molecule has 0 amide bonds. The van der Waals surface area contributed by atoms with E-state index in [2.05, 4.69) is 56.6 Å². The summed E-state index contributed by atoms with van der Waals surface area (Å²) in [6.45, 7) is 4.14. The lowest BCUT2D eigenvalue weighted by atomic mass is 10.1. The third-order valence-electron chi connectivity index (χ3n) is 2.78. The molecule has 0 fully saturated rings. The molecule has 0 unspecified atom stereocenters. The van der Waals surface area contributed by atoms with Gasteiger partial charge >= 0.3 is 0 Å².